The van der Waals surface area contributed by atoms with Crippen molar-refractivity contribution in [1.29, 1.82) is 0 Å². The molecule has 0 radical (unpaired) electrons. The van der Waals surface area contributed by atoms with Crippen molar-refractivity contribution < 1.29 is 4.79 Å². The highest BCUT2D eigenvalue weighted by molar-refractivity contribution is 5.74. The highest BCUT2D eigenvalue weighted by atomic mass is 16.2. The van der Waals surface area contributed by atoms with Gasteiger partial charge in [-0.2, -0.15) is 0 Å². The lowest BCUT2D eigenvalue weighted by atomic mass is 9.78. The molecule has 3 nitrogen and oxygen atoms in total. The third kappa shape index (κ3) is 2.49. The average Bonchev–Trinajstić information content (AvgIpc) is 2.29. The molecule has 0 bridgehead atoms. The largest absolute Gasteiger partial charge is 0.337 e. The van der Waals surface area contributed by atoms with Gasteiger partial charge in [0.05, 0.1) is 0 Å². The Morgan fingerprint density at radius 2 is 1.71 bits per heavy atom. The monoisotopic (exact) mass is 238 g/mol. The molecule has 0 N–H and O–H groups in total. The minimum absolute atomic E-state index is 0.204. The minimum atomic E-state index is 0.204. The van der Waals surface area contributed by atoms with Gasteiger partial charge in [0, 0.05) is 38.1 Å². The number of hydrogen-bond donors (Lipinski definition) is 0. The second-order valence-electron chi connectivity index (χ2n) is 5.98. The Bertz CT molecular complexity index is 280. The summed E-state index contributed by atoms with van der Waals surface area (Å²) in [6, 6.07) is 0.640. The fraction of sp³-hybridized carbons (Fsp3) is 0.929. The van der Waals surface area contributed by atoms with Gasteiger partial charge in [-0.15, -0.1) is 0 Å². The average molecular weight is 238 g/mol. The summed E-state index contributed by atoms with van der Waals surface area (Å²) in [4.78, 5) is 16.5. The molecule has 2 aliphatic rings. The van der Waals surface area contributed by atoms with E-state index in [1.165, 1.54) is 32.1 Å². The summed E-state index contributed by atoms with van der Waals surface area (Å²) in [6.45, 7) is 9.56. The maximum absolute atomic E-state index is 11.8. The van der Waals surface area contributed by atoms with Gasteiger partial charge in [-0.3, -0.25) is 4.79 Å². The number of carbonyl (C=O) groups excluding carboxylic acids is 1. The molecule has 98 valence electrons. The van der Waals surface area contributed by atoms with Crippen molar-refractivity contribution in [1.82, 2.24) is 9.80 Å². The molecule has 0 aromatic rings. The first-order chi connectivity index (χ1) is 8.05. The molecule has 2 saturated heterocycles. The van der Waals surface area contributed by atoms with Gasteiger partial charge in [0.1, 0.15) is 0 Å². The summed E-state index contributed by atoms with van der Waals surface area (Å²) in [5, 5.41) is 0. The number of nitrogens with zero attached hydrogens (tertiary/aromatic N) is 2. The molecule has 0 atom stereocenters. The first-order valence-electron chi connectivity index (χ1n) is 7.07. The van der Waals surface area contributed by atoms with Crippen LogP contribution in [0.2, 0.25) is 0 Å². The maximum Gasteiger partial charge on any atom is 0.219 e. The van der Waals surface area contributed by atoms with Crippen molar-refractivity contribution in [3.05, 3.63) is 0 Å². The molecule has 0 aromatic carbocycles. The van der Waals surface area contributed by atoms with Crippen molar-refractivity contribution in [3.8, 4) is 0 Å². The zero-order valence-corrected chi connectivity index (χ0v) is 11.5. The molecule has 0 aliphatic carbocycles. The normalized spacial score (nSPS) is 25.5. The number of carbonyl (C=O) groups is 1. The summed E-state index contributed by atoms with van der Waals surface area (Å²) in [5.41, 5.74) is 0.204. The number of piperidine rings is 2. The second kappa shape index (κ2) is 4.97. The fourth-order valence-electron chi connectivity index (χ4n) is 3.56. The quantitative estimate of drug-likeness (QED) is 0.699. The number of rotatable bonds is 1. The SMILES string of the molecule is CC(=O)N1CCCCC12CCN(C(C)C)CC2. The lowest BCUT2D eigenvalue weighted by Gasteiger charge is -2.52. The van der Waals surface area contributed by atoms with Gasteiger partial charge in [0.2, 0.25) is 5.91 Å². The van der Waals surface area contributed by atoms with Crippen LogP contribution in [0.25, 0.3) is 0 Å². The minimum Gasteiger partial charge on any atom is -0.337 e. The van der Waals surface area contributed by atoms with E-state index in [0.717, 1.165) is 19.6 Å². The van der Waals surface area contributed by atoms with Gasteiger partial charge in [0.25, 0.3) is 0 Å². The van der Waals surface area contributed by atoms with E-state index < -0.39 is 0 Å². The zero-order chi connectivity index (χ0) is 12.5. The Balaban J connectivity index is 2.06. The Kier molecular flexibility index (Phi) is 3.76. The Morgan fingerprint density at radius 3 is 2.24 bits per heavy atom. The molecular formula is C14H26N2O. The van der Waals surface area contributed by atoms with Crippen LogP contribution in [-0.2, 0) is 4.79 Å². The van der Waals surface area contributed by atoms with E-state index in [0.29, 0.717) is 6.04 Å². The van der Waals surface area contributed by atoms with Crippen LogP contribution in [0.1, 0.15) is 52.9 Å². The van der Waals surface area contributed by atoms with Crippen LogP contribution in [-0.4, -0.2) is 46.9 Å². The molecule has 2 heterocycles. The molecule has 3 heteroatoms. The molecule has 1 spiro atoms. The smallest absolute Gasteiger partial charge is 0.219 e. The first kappa shape index (κ1) is 12.9. The van der Waals surface area contributed by atoms with Crippen molar-refractivity contribution in [3.63, 3.8) is 0 Å². The van der Waals surface area contributed by atoms with E-state index in [4.69, 9.17) is 0 Å². The predicted octanol–water partition coefficient (Wildman–Crippen LogP) is 2.26. The molecule has 17 heavy (non-hydrogen) atoms. The molecular weight excluding hydrogens is 212 g/mol. The van der Waals surface area contributed by atoms with Crippen LogP contribution >= 0.6 is 0 Å². The predicted molar refractivity (Wildman–Crippen MR) is 69.9 cm³/mol. The Hall–Kier alpha value is -0.570. The molecule has 2 rings (SSSR count). The van der Waals surface area contributed by atoms with Crippen molar-refractivity contribution in [2.45, 2.75) is 64.5 Å². The lowest BCUT2D eigenvalue weighted by Crippen LogP contribution is -2.59. The van der Waals surface area contributed by atoms with Crippen molar-refractivity contribution >= 4 is 5.91 Å². The van der Waals surface area contributed by atoms with E-state index in [2.05, 4.69) is 23.6 Å². The third-order valence-corrected chi connectivity index (χ3v) is 4.69. The fourth-order valence-corrected chi connectivity index (χ4v) is 3.56. The molecule has 2 aliphatic heterocycles. The maximum atomic E-state index is 11.8. The number of amides is 1. The van der Waals surface area contributed by atoms with E-state index in [-0.39, 0.29) is 11.4 Å². The van der Waals surface area contributed by atoms with E-state index in [1.54, 1.807) is 6.92 Å². The molecule has 0 saturated carbocycles. The Labute approximate surface area is 105 Å². The lowest BCUT2D eigenvalue weighted by molar-refractivity contribution is -0.140. The highest BCUT2D eigenvalue weighted by Gasteiger charge is 2.42. The van der Waals surface area contributed by atoms with E-state index >= 15 is 0 Å². The zero-order valence-electron chi connectivity index (χ0n) is 11.5. The van der Waals surface area contributed by atoms with Gasteiger partial charge < -0.3 is 9.80 Å². The summed E-state index contributed by atoms with van der Waals surface area (Å²) < 4.78 is 0. The van der Waals surface area contributed by atoms with Gasteiger partial charge >= 0.3 is 0 Å². The van der Waals surface area contributed by atoms with Gasteiger partial charge in [-0.1, -0.05) is 0 Å². The number of hydrogen-bond acceptors (Lipinski definition) is 2. The summed E-state index contributed by atoms with van der Waals surface area (Å²) in [6.07, 6.45) is 6.05. The highest BCUT2D eigenvalue weighted by Crippen LogP contribution is 2.37. The van der Waals surface area contributed by atoms with Crippen molar-refractivity contribution in [2.75, 3.05) is 19.6 Å². The van der Waals surface area contributed by atoms with Crippen LogP contribution in [0.4, 0.5) is 0 Å². The van der Waals surface area contributed by atoms with Gasteiger partial charge in [-0.05, 0) is 46.0 Å². The van der Waals surface area contributed by atoms with Crippen LogP contribution in [0.15, 0.2) is 0 Å². The van der Waals surface area contributed by atoms with Crippen LogP contribution in [0, 0.1) is 0 Å². The van der Waals surface area contributed by atoms with E-state index in [1.807, 2.05) is 0 Å². The summed E-state index contributed by atoms with van der Waals surface area (Å²) in [7, 11) is 0. The number of likely N-dealkylation sites (tertiary alicyclic amines) is 2. The topological polar surface area (TPSA) is 23.6 Å². The standard InChI is InChI=1S/C14H26N2O/c1-12(2)15-10-7-14(8-11-15)6-4-5-9-16(14)13(3)17/h12H,4-11H2,1-3H3. The van der Waals surface area contributed by atoms with Gasteiger partial charge in [-0.25, -0.2) is 0 Å². The Morgan fingerprint density at radius 1 is 1.06 bits per heavy atom. The molecule has 0 aromatic heterocycles. The summed E-state index contributed by atoms with van der Waals surface area (Å²) >= 11 is 0. The van der Waals surface area contributed by atoms with Crippen LogP contribution in [0.3, 0.4) is 0 Å². The third-order valence-electron chi connectivity index (χ3n) is 4.69. The molecule has 1 amide bonds. The molecule has 2 fully saturated rings. The van der Waals surface area contributed by atoms with Crippen LogP contribution in [0.5, 0.6) is 0 Å². The molecule has 0 unspecified atom stereocenters. The van der Waals surface area contributed by atoms with Gasteiger partial charge in [0.15, 0.2) is 0 Å². The first-order valence-corrected chi connectivity index (χ1v) is 7.07. The summed E-state index contributed by atoms with van der Waals surface area (Å²) in [5.74, 6) is 0.280. The van der Waals surface area contributed by atoms with Crippen LogP contribution < -0.4 is 0 Å². The second-order valence-corrected chi connectivity index (χ2v) is 5.98. The van der Waals surface area contributed by atoms with Crippen molar-refractivity contribution in [2.24, 2.45) is 0 Å². The van der Waals surface area contributed by atoms with E-state index in [9.17, 15) is 4.79 Å².